The van der Waals surface area contributed by atoms with Crippen LogP contribution in [0.4, 0.5) is 5.82 Å². The number of carbonyl (C=O) groups is 1. The topological polar surface area (TPSA) is 83.8 Å². The summed E-state index contributed by atoms with van der Waals surface area (Å²) in [5.41, 5.74) is 7.97. The lowest BCUT2D eigenvalue weighted by molar-refractivity contribution is -0.117. The van der Waals surface area contributed by atoms with E-state index in [-0.39, 0.29) is 5.91 Å². The van der Waals surface area contributed by atoms with Gasteiger partial charge in [-0.2, -0.15) is 5.10 Å². The third-order valence-corrected chi connectivity index (χ3v) is 3.04. The van der Waals surface area contributed by atoms with Crippen molar-refractivity contribution in [1.29, 1.82) is 0 Å². The lowest BCUT2D eigenvalue weighted by Gasteiger charge is -2.10. The Kier molecular flexibility index (Phi) is 4.90. The summed E-state index contributed by atoms with van der Waals surface area (Å²) < 4.78 is 0. The smallest absolute Gasteiger partial charge is 0.242 e. The van der Waals surface area contributed by atoms with E-state index in [4.69, 9.17) is 5.73 Å². The molecule has 0 spiro atoms. The van der Waals surface area contributed by atoms with Gasteiger partial charge in [0.05, 0.1) is 6.04 Å². The van der Waals surface area contributed by atoms with Gasteiger partial charge in [0.1, 0.15) is 0 Å². The Labute approximate surface area is 118 Å². The minimum absolute atomic E-state index is 0.219. The molecule has 2 aromatic rings. The van der Waals surface area contributed by atoms with Crippen molar-refractivity contribution in [3.63, 3.8) is 0 Å². The van der Waals surface area contributed by atoms with E-state index in [0.29, 0.717) is 12.2 Å². The van der Waals surface area contributed by atoms with Crippen LogP contribution < -0.4 is 11.1 Å². The summed E-state index contributed by atoms with van der Waals surface area (Å²) in [6.07, 6.45) is 2.46. The average molecular weight is 272 g/mol. The molecule has 1 aromatic heterocycles. The van der Waals surface area contributed by atoms with Gasteiger partial charge in [0, 0.05) is 11.8 Å². The van der Waals surface area contributed by atoms with Crippen molar-refractivity contribution in [2.45, 2.75) is 32.2 Å². The first-order chi connectivity index (χ1) is 9.69. The molecule has 5 heteroatoms. The van der Waals surface area contributed by atoms with Crippen LogP contribution in [-0.4, -0.2) is 22.1 Å². The Bertz CT molecular complexity index is 550. The average Bonchev–Trinajstić information content (AvgIpc) is 2.87. The van der Waals surface area contributed by atoms with E-state index in [9.17, 15) is 4.79 Å². The number of benzene rings is 1. The van der Waals surface area contributed by atoms with Crippen molar-refractivity contribution in [2.75, 3.05) is 5.32 Å². The normalized spacial score (nSPS) is 12.1. The summed E-state index contributed by atoms with van der Waals surface area (Å²) in [4.78, 5) is 12.0. The van der Waals surface area contributed by atoms with Crippen molar-refractivity contribution in [3.8, 4) is 0 Å². The van der Waals surface area contributed by atoms with Gasteiger partial charge >= 0.3 is 0 Å². The van der Waals surface area contributed by atoms with Crippen LogP contribution in [-0.2, 0) is 17.6 Å². The fourth-order valence-electron chi connectivity index (χ4n) is 2.00. The summed E-state index contributed by atoms with van der Waals surface area (Å²) >= 11 is 0. The molecule has 20 heavy (non-hydrogen) atoms. The van der Waals surface area contributed by atoms with Gasteiger partial charge < -0.3 is 11.1 Å². The van der Waals surface area contributed by atoms with Crippen molar-refractivity contribution in [3.05, 3.63) is 47.7 Å². The van der Waals surface area contributed by atoms with E-state index in [1.54, 1.807) is 0 Å². The summed E-state index contributed by atoms with van der Waals surface area (Å²) in [5.74, 6) is 0.311. The molecule has 1 unspecified atom stereocenters. The molecule has 0 radical (unpaired) electrons. The van der Waals surface area contributed by atoms with Crippen molar-refractivity contribution < 1.29 is 4.79 Å². The van der Waals surface area contributed by atoms with E-state index >= 15 is 0 Å². The number of hydrogen-bond donors (Lipinski definition) is 3. The lowest BCUT2D eigenvalue weighted by atomic mass is 10.1. The Morgan fingerprint density at radius 2 is 2.15 bits per heavy atom. The van der Waals surface area contributed by atoms with E-state index in [1.165, 1.54) is 0 Å². The highest BCUT2D eigenvalue weighted by molar-refractivity contribution is 5.94. The van der Waals surface area contributed by atoms with Crippen molar-refractivity contribution in [2.24, 2.45) is 5.73 Å². The highest BCUT2D eigenvalue weighted by atomic mass is 16.2. The van der Waals surface area contributed by atoms with E-state index < -0.39 is 6.04 Å². The second-order valence-electron chi connectivity index (χ2n) is 4.81. The molecule has 1 atom stereocenters. The monoisotopic (exact) mass is 272 g/mol. The number of nitrogens with one attached hydrogen (secondary N) is 2. The molecule has 0 bridgehead atoms. The van der Waals surface area contributed by atoms with Crippen LogP contribution in [0.1, 0.15) is 24.6 Å². The lowest BCUT2D eigenvalue weighted by Crippen LogP contribution is -2.37. The standard InChI is InChI=1S/C15H20N4O/c1-2-6-12-10-14(19-18-12)17-15(20)13(16)9-11-7-4-3-5-8-11/h3-5,7-8,10,13H,2,6,9,16H2,1H3,(H2,17,18,19,20). The summed E-state index contributed by atoms with van der Waals surface area (Å²) in [5, 5.41) is 9.68. The number of rotatable bonds is 6. The molecule has 5 nitrogen and oxygen atoms in total. The highest BCUT2D eigenvalue weighted by Gasteiger charge is 2.15. The molecule has 106 valence electrons. The Morgan fingerprint density at radius 3 is 2.85 bits per heavy atom. The van der Waals surface area contributed by atoms with E-state index in [1.807, 2.05) is 36.4 Å². The Balaban J connectivity index is 1.90. The van der Waals surface area contributed by atoms with Gasteiger partial charge in [0.15, 0.2) is 5.82 Å². The van der Waals surface area contributed by atoms with Gasteiger partial charge in [-0.1, -0.05) is 43.7 Å². The molecule has 0 saturated heterocycles. The van der Waals surface area contributed by atoms with Gasteiger partial charge in [-0.3, -0.25) is 9.89 Å². The number of H-pyrrole nitrogens is 1. The maximum Gasteiger partial charge on any atom is 0.242 e. The number of carbonyl (C=O) groups excluding carboxylic acids is 1. The molecule has 4 N–H and O–H groups in total. The molecule has 0 aliphatic rings. The minimum atomic E-state index is -0.580. The maximum absolute atomic E-state index is 12.0. The maximum atomic E-state index is 12.0. The number of nitrogens with zero attached hydrogens (tertiary/aromatic N) is 1. The number of amides is 1. The van der Waals surface area contributed by atoms with Crippen LogP contribution in [0.2, 0.25) is 0 Å². The molecule has 2 rings (SSSR count). The van der Waals surface area contributed by atoms with Crippen LogP contribution in [0.25, 0.3) is 0 Å². The van der Waals surface area contributed by atoms with Crippen molar-refractivity contribution in [1.82, 2.24) is 10.2 Å². The van der Waals surface area contributed by atoms with Crippen molar-refractivity contribution >= 4 is 11.7 Å². The van der Waals surface area contributed by atoms with Crippen LogP contribution in [0.5, 0.6) is 0 Å². The zero-order valence-corrected chi connectivity index (χ0v) is 11.6. The summed E-state index contributed by atoms with van der Waals surface area (Å²) in [6, 6.07) is 11.0. The number of aromatic nitrogens is 2. The fraction of sp³-hybridized carbons (Fsp3) is 0.333. The first kappa shape index (κ1) is 14.3. The fourth-order valence-corrected chi connectivity index (χ4v) is 2.00. The predicted molar refractivity (Wildman–Crippen MR) is 79.3 cm³/mol. The van der Waals surface area contributed by atoms with Gasteiger partial charge in [0.2, 0.25) is 5.91 Å². The van der Waals surface area contributed by atoms with Crippen LogP contribution in [0.3, 0.4) is 0 Å². The molecule has 1 aromatic carbocycles. The zero-order chi connectivity index (χ0) is 14.4. The molecular weight excluding hydrogens is 252 g/mol. The Hall–Kier alpha value is -2.14. The van der Waals surface area contributed by atoms with E-state index in [0.717, 1.165) is 24.1 Å². The molecule has 0 fully saturated rings. The van der Waals surface area contributed by atoms with Gasteiger partial charge in [-0.15, -0.1) is 0 Å². The molecule has 1 heterocycles. The van der Waals surface area contributed by atoms with Gasteiger partial charge in [0.25, 0.3) is 0 Å². The van der Waals surface area contributed by atoms with E-state index in [2.05, 4.69) is 22.4 Å². The zero-order valence-electron chi connectivity index (χ0n) is 11.6. The van der Waals surface area contributed by atoms with Gasteiger partial charge in [-0.25, -0.2) is 0 Å². The quantitative estimate of drug-likeness (QED) is 0.750. The number of aromatic amines is 1. The first-order valence-electron chi connectivity index (χ1n) is 6.83. The largest absolute Gasteiger partial charge is 0.320 e. The van der Waals surface area contributed by atoms with Crippen LogP contribution in [0.15, 0.2) is 36.4 Å². The SMILES string of the molecule is CCCc1cc(NC(=O)C(N)Cc2ccccc2)n[nH]1. The molecule has 0 aliphatic heterocycles. The highest BCUT2D eigenvalue weighted by Crippen LogP contribution is 2.08. The molecular formula is C15H20N4O. The Morgan fingerprint density at radius 1 is 1.40 bits per heavy atom. The number of aryl methyl sites for hydroxylation is 1. The van der Waals surface area contributed by atoms with Crippen LogP contribution >= 0.6 is 0 Å². The second-order valence-corrected chi connectivity index (χ2v) is 4.81. The molecule has 1 amide bonds. The first-order valence-corrected chi connectivity index (χ1v) is 6.83. The predicted octanol–water partition coefficient (Wildman–Crippen LogP) is 1.87. The number of anilines is 1. The molecule has 0 aliphatic carbocycles. The summed E-state index contributed by atoms with van der Waals surface area (Å²) in [6.45, 7) is 2.09. The third-order valence-electron chi connectivity index (χ3n) is 3.04. The van der Waals surface area contributed by atoms with Gasteiger partial charge in [-0.05, 0) is 18.4 Å². The minimum Gasteiger partial charge on any atom is -0.320 e. The third kappa shape index (κ3) is 3.93. The number of hydrogen-bond acceptors (Lipinski definition) is 3. The van der Waals surface area contributed by atoms with Crippen LogP contribution in [0, 0.1) is 0 Å². The second kappa shape index (κ2) is 6.86. The number of nitrogens with two attached hydrogens (primary N) is 1. The molecule has 0 saturated carbocycles. The summed E-state index contributed by atoms with van der Waals surface area (Å²) in [7, 11) is 0.